The zero-order valence-corrected chi connectivity index (χ0v) is 14.4. The smallest absolute Gasteiger partial charge is 0.326 e. The molecule has 2 aromatic carbocycles. The molecule has 1 aliphatic heterocycles. The lowest BCUT2D eigenvalue weighted by Crippen LogP contribution is -2.46. The SMILES string of the molecule is O=c1[nH]c2ccccc2n1CCCN1CCN(c2ccccc2)CC1. The molecule has 0 spiro atoms. The number of anilines is 1. The van der Waals surface area contributed by atoms with Gasteiger partial charge in [0, 0.05) is 38.4 Å². The number of rotatable bonds is 5. The van der Waals surface area contributed by atoms with Gasteiger partial charge in [-0.2, -0.15) is 0 Å². The normalized spacial score (nSPS) is 15.8. The number of benzene rings is 2. The van der Waals surface area contributed by atoms with E-state index in [1.165, 1.54) is 5.69 Å². The van der Waals surface area contributed by atoms with E-state index >= 15 is 0 Å². The summed E-state index contributed by atoms with van der Waals surface area (Å²) < 4.78 is 1.86. The number of aromatic amines is 1. The second kappa shape index (κ2) is 7.15. The van der Waals surface area contributed by atoms with E-state index in [9.17, 15) is 4.79 Å². The number of aromatic nitrogens is 2. The number of aryl methyl sites for hydroxylation is 1. The van der Waals surface area contributed by atoms with Gasteiger partial charge in [-0.3, -0.25) is 9.47 Å². The molecule has 0 atom stereocenters. The van der Waals surface area contributed by atoms with Crippen LogP contribution in [0.3, 0.4) is 0 Å². The number of nitrogens with zero attached hydrogens (tertiary/aromatic N) is 3. The number of nitrogens with one attached hydrogen (secondary N) is 1. The van der Waals surface area contributed by atoms with Crippen LogP contribution in [-0.4, -0.2) is 47.2 Å². The van der Waals surface area contributed by atoms with Gasteiger partial charge in [-0.1, -0.05) is 30.3 Å². The minimum Gasteiger partial charge on any atom is -0.369 e. The molecule has 25 heavy (non-hydrogen) atoms. The molecule has 1 fully saturated rings. The Kier molecular flexibility index (Phi) is 4.57. The van der Waals surface area contributed by atoms with Crippen LogP contribution in [0.5, 0.6) is 0 Å². The first-order valence-electron chi connectivity index (χ1n) is 9.01. The number of imidazole rings is 1. The maximum absolute atomic E-state index is 12.1. The van der Waals surface area contributed by atoms with Crippen molar-refractivity contribution in [3.8, 4) is 0 Å². The minimum atomic E-state index is -0.00454. The van der Waals surface area contributed by atoms with Gasteiger partial charge in [-0.05, 0) is 37.2 Å². The molecule has 0 radical (unpaired) electrons. The number of hydrogen-bond donors (Lipinski definition) is 1. The highest BCUT2D eigenvalue weighted by molar-refractivity contribution is 5.74. The zero-order valence-electron chi connectivity index (χ0n) is 14.4. The van der Waals surface area contributed by atoms with Gasteiger partial charge in [-0.15, -0.1) is 0 Å². The summed E-state index contributed by atoms with van der Waals surface area (Å²) in [5, 5.41) is 0. The molecule has 0 saturated carbocycles. The molecule has 5 heteroatoms. The van der Waals surface area contributed by atoms with E-state index in [-0.39, 0.29) is 5.69 Å². The standard InChI is InChI=1S/C20H24N4O/c25-20-21-18-9-4-5-10-19(18)24(20)12-6-11-22-13-15-23(16-14-22)17-7-2-1-3-8-17/h1-5,7-10H,6,11-16H2,(H,21,25). The van der Waals surface area contributed by atoms with Crippen molar-refractivity contribution >= 4 is 16.7 Å². The van der Waals surface area contributed by atoms with Crippen LogP contribution in [0.2, 0.25) is 0 Å². The van der Waals surface area contributed by atoms with Crippen LogP contribution in [0.25, 0.3) is 11.0 Å². The van der Waals surface area contributed by atoms with E-state index in [2.05, 4.69) is 45.1 Å². The second-order valence-electron chi connectivity index (χ2n) is 6.62. The van der Waals surface area contributed by atoms with E-state index in [1.807, 2.05) is 28.8 Å². The van der Waals surface area contributed by atoms with Crippen LogP contribution >= 0.6 is 0 Å². The number of fused-ring (bicyclic) bond motifs is 1. The van der Waals surface area contributed by atoms with E-state index < -0.39 is 0 Å². The van der Waals surface area contributed by atoms with Crippen molar-refractivity contribution in [2.75, 3.05) is 37.6 Å². The molecule has 4 rings (SSSR count). The molecule has 1 aliphatic rings. The van der Waals surface area contributed by atoms with Crippen LogP contribution in [0.1, 0.15) is 6.42 Å². The fourth-order valence-corrected chi connectivity index (χ4v) is 3.65. The predicted molar refractivity (Wildman–Crippen MR) is 102 cm³/mol. The van der Waals surface area contributed by atoms with Crippen molar-refractivity contribution in [1.82, 2.24) is 14.5 Å². The average Bonchev–Trinajstić information content (AvgIpc) is 2.99. The monoisotopic (exact) mass is 336 g/mol. The molecular weight excluding hydrogens is 312 g/mol. The molecule has 0 amide bonds. The van der Waals surface area contributed by atoms with E-state index in [0.29, 0.717) is 0 Å². The van der Waals surface area contributed by atoms with Crippen molar-refractivity contribution in [2.45, 2.75) is 13.0 Å². The number of hydrogen-bond acceptors (Lipinski definition) is 3. The Morgan fingerprint density at radius 2 is 1.56 bits per heavy atom. The van der Waals surface area contributed by atoms with Crippen LogP contribution in [0.15, 0.2) is 59.4 Å². The lowest BCUT2D eigenvalue weighted by Gasteiger charge is -2.36. The highest BCUT2D eigenvalue weighted by Gasteiger charge is 2.16. The van der Waals surface area contributed by atoms with Crippen LogP contribution in [0, 0.1) is 0 Å². The molecule has 0 aliphatic carbocycles. The molecule has 1 N–H and O–H groups in total. The lowest BCUT2D eigenvalue weighted by atomic mass is 10.2. The van der Waals surface area contributed by atoms with Crippen molar-refractivity contribution in [2.24, 2.45) is 0 Å². The van der Waals surface area contributed by atoms with Gasteiger partial charge in [0.15, 0.2) is 0 Å². The Labute approximate surface area is 147 Å². The van der Waals surface area contributed by atoms with Crippen LogP contribution < -0.4 is 10.6 Å². The topological polar surface area (TPSA) is 44.3 Å². The fourth-order valence-electron chi connectivity index (χ4n) is 3.65. The Balaban J connectivity index is 1.30. The Morgan fingerprint density at radius 1 is 0.840 bits per heavy atom. The molecule has 1 saturated heterocycles. The summed E-state index contributed by atoms with van der Waals surface area (Å²) in [6.07, 6.45) is 0.993. The van der Waals surface area contributed by atoms with Crippen LogP contribution in [0.4, 0.5) is 5.69 Å². The first-order valence-corrected chi connectivity index (χ1v) is 9.01. The van der Waals surface area contributed by atoms with Gasteiger partial charge < -0.3 is 9.88 Å². The quantitative estimate of drug-likeness (QED) is 0.779. The van der Waals surface area contributed by atoms with Gasteiger partial charge in [0.1, 0.15) is 0 Å². The Bertz CT molecular complexity index is 875. The summed E-state index contributed by atoms with van der Waals surface area (Å²) in [6.45, 7) is 6.10. The molecule has 5 nitrogen and oxygen atoms in total. The second-order valence-corrected chi connectivity index (χ2v) is 6.62. The molecule has 1 aromatic heterocycles. The van der Waals surface area contributed by atoms with E-state index in [1.54, 1.807) is 0 Å². The van der Waals surface area contributed by atoms with E-state index in [0.717, 1.165) is 56.7 Å². The average molecular weight is 336 g/mol. The maximum Gasteiger partial charge on any atom is 0.326 e. The van der Waals surface area contributed by atoms with Crippen molar-refractivity contribution < 1.29 is 0 Å². The first-order chi connectivity index (χ1) is 12.3. The maximum atomic E-state index is 12.1. The third-order valence-electron chi connectivity index (χ3n) is 5.03. The van der Waals surface area contributed by atoms with Crippen molar-refractivity contribution in [3.05, 3.63) is 65.1 Å². The summed E-state index contributed by atoms with van der Waals surface area (Å²) in [4.78, 5) is 20.0. The fraction of sp³-hybridized carbons (Fsp3) is 0.350. The number of H-pyrrole nitrogens is 1. The van der Waals surface area contributed by atoms with Crippen molar-refractivity contribution in [3.63, 3.8) is 0 Å². The van der Waals surface area contributed by atoms with Crippen molar-refractivity contribution in [1.29, 1.82) is 0 Å². The summed E-state index contributed by atoms with van der Waals surface area (Å²) in [5.41, 5.74) is 3.23. The molecule has 3 aromatic rings. The zero-order chi connectivity index (χ0) is 17.1. The van der Waals surface area contributed by atoms with Gasteiger partial charge in [-0.25, -0.2) is 4.79 Å². The minimum absolute atomic E-state index is 0.00454. The number of para-hydroxylation sites is 3. The lowest BCUT2D eigenvalue weighted by molar-refractivity contribution is 0.250. The van der Waals surface area contributed by atoms with Gasteiger partial charge >= 0.3 is 5.69 Å². The predicted octanol–water partition coefficient (Wildman–Crippen LogP) is 2.54. The summed E-state index contributed by atoms with van der Waals surface area (Å²) in [5.74, 6) is 0. The molecule has 130 valence electrons. The van der Waals surface area contributed by atoms with Gasteiger partial charge in [0.05, 0.1) is 11.0 Å². The Hall–Kier alpha value is -2.53. The third-order valence-corrected chi connectivity index (χ3v) is 5.03. The molecule has 2 heterocycles. The van der Waals surface area contributed by atoms with E-state index in [4.69, 9.17) is 0 Å². The summed E-state index contributed by atoms with van der Waals surface area (Å²) in [7, 11) is 0. The highest BCUT2D eigenvalue weighted by Crippen LogP contribution is 2.16. The Morgan fingerprint density at radius 3 is 2.36 bits per heavy atom. The summed E-state index contributed by atoms with van der Waals surface area (Å²) in [6, 6.07) is 18.5. The molecule has 0 unspecified atom stereocenters. The number of piperazine rings is 1. The van der Waals surface area contributed by atoms with Crippen LogP contribution in [-0.2, 0) is 6.54 Å². The first kappa shape index (κ1) is 16.0. The molecule has 0 bridgehead atoms. The van der Waals surface area contributed by atoms with Gasteiger partial charge in [0.2, 0.25) is 0 Å². The molecular formula is C20H24N4O. The van der Waals surface area contributed by atoms with Gasteiger partial charge in [0.25, 0.3) is 0 Å². The summed E-state index contributed by atoms with van der Waals surface area (Å²) >= 11 is 0. The largest absolute Gasteiger partial charge is 0.369 e. The highest BCUT2D eigenvalue weighted by atomic mass is 16.1. The third kappa shape index (κ3) is 3.46.